The van der Waals surface area contributed by atoms with Gasteiger partial charge in [-0.2, -0.15) is 0 Å². The van der Waals surface area contributed by atoms with E-state index in [1.807, 2.05) is 25.1 Å². The molecule has 0 aliphatic carbocycles. The molecule has 5 heteroatoms. The molecule has 1 heterocycles. The first-order valence-electron chi connectivity index (χ1n) is 9.16. The van der Waals surface area contributed by atoms with Crippen LogP contribution in [-0.4, -0.2) is 51.9 Å². The first-order chi connectivity index (χ1) is 12.8. The predicted molar refractivity (Wildman–Crippen MR) is 103 cm³/mol. The first kappa shape index (κ1) is 18.5. The summed E-state index contributed by atoms with van der Waals surface area (Å²) >= 11 is 0. The molecule has 1 saturated heterocycles. The van der Waals surface area contributed by atoms with Crippen LogP contribution in [0.5, 0.6) is 17.2 Å². The molecule has 0 spiro atoms. The molecule has 2 aromatic carbocycles. The molecule has 1 atom stereocenters. The Morgan fingerprint density at radius 2 is 1.81 bits per heavy atom. The van der Waals surface area contributed by atoms with Crippen molar-refractivity contribution in [2.24, 2.45) is 0 Å². The Hall–Kier alpha value is -2.24. The Labute approximate surface area is 155 Å². The lowest BCUT2D eigenvalue weighted by Gasteiger charge is -2.36. The van der Waals surface area contributed by atoms with Crippen LogP contribution in [0.25, 0.3) is 0 Å². The molecule has 0 aromatic heterocycles. The number of piperazine rings is 1. The lowest BCUT2D eigenvalue weighted by Crippen LogP contribution is -2.45. The molecule has 0 amide bonds. The third-order valence-electron chi connectivity index (χ3n) is 4.73. The van der Waals surface area contributed by atoms with Crippen LogP contribution >= 0.6 is 0 Å². The summed E-state index contributed by atoms with van der Waals surface area (Å²) in [5.74, 6) is 2.60. The highest BCUT2D eigenvalue weighted by Gasteiger charge is 2.27. The normalized spacial score (nSPS) is 16.1. The maximum atomic E-state index is 5.73. The predicted octanol–water partition coefficient (Wildman–Crippen LogP) is 3.10. The van der Waals surface area contributed by atoms with Gasteiger partial charge in [-0.3, -0.25) is 4.90 Å². The summed E-state index contributed by atoms with van der Waals surface area (Å²) in [5, 5.41) is 3.43. The second-order valence-corrected chi connectivity index (χ2v) is 6.30. The van der Waals surface area contributed by atoms with Crippen molar-refractivity contribution < 1.29 is 14.2 Å². The molecular formula is C21H28N2O3. The zero-order chi connectivity index (χ0) is 18.4. The Balaban J connectivity index is 2.08. The fourth-order valence-electron chi connectivity index (χ4n) is 3.52. The highest BCUT2D eigenvalue weighted by atomic mass is 16.5. The van der Waals surface area contributed by atoms with Crippen LogP contribution in [0.15, 0.2) is 42.5 Å². The molecule has 26 heavy (non-hydrogen) atoms. The van der Waals surface area contributed by atoms with Crippen LogP contribution in [-0.2, 0) is 0 Å². The number of hydrogen-bond donors (Lipinski definition) is 1. The highest BCUT2D eigenvalue weighted by Crippen LogP contribution is 2.38. The summed E-state index contributed by atoms with van der Waals surface area (Å²) in [7, 11) is 3.41. The average molecular weight is 356 g/mol. The minimum Gasteiger partial charge on any atom is -0.497 e. The maximum absolute atomic E-state index is 5.73. The molecule has 0 saturated carbocycles. The summed E-state index contributed by atoms with van der Waals surface area (Å²) in [6, 6.07) is 14.4. The van der Waals surface area contributed by atoms with Gasteiger partial charge in [0.25, 0.3) is 0 Å². The van der Waals surface area contributed by atoms with E-state index in [9.17, 15) is 0 Å². The molecule has 1 fully saturated rings. The molecule has 3 rings (SSSR count). The molecule has 2 aromatic rings. The molecule has 0 bridgehead atoms. The summed E-state index contributed by atoms with van der Waals surface area (Å²) in [6.45, 7) is 6.57. The number of nitrogens with zero attached hydrogens (tertiary/aromatic N) is 1. The highest BCUT2D eigenvalue weighted by molar-refractivity contribution is 5.47. The van der Waals surface area contributed by atoms with E-state index in [2.05, 4.69) is 34.5 Å². The number of methoxy groups -OCH3 is 2. The van der Waals surface area contributed by atoms with E-state index < -0.39 is 0 Å². The van der Waals surface area contributed by atoms with Gasteiger partial charge in [-0.25, -0.2) is 0 Å². The fraction of sp³-hybridized carbons (Fsp3) is 0.429. The topological polar surface area (TPSA) is 43.0 Å². The van der Waals surface area contributed by atoms with Gasteiger partial charge in [0.15, 0.2) is 0 Å². The lowest BCUT2D eigenvalue weighted by molar-refractivity contribution is 0.194. The van der Waals surface area contributed by atoms with Gasteiger partial charge in [0.2, 0.25) is 0 Å². The fourth-order valence-corrected chi connectivity index (χ4v) is 3.52. The zero-order valence-electron chi connectivity index (χ0n) is 15.8. The van der Waals surface area contributed by atoms with E-state index in [1.54, 1.807) is 14.2 Å². The molecule has 1 N–H and O–H groups in total. The molecule has 140 valence electrons. The van der Waals surface area contributed by atoms with Crippen LogP contribution in [0.1, 0.15) is 24.1 Å². The van der Waals surface area contributed by atoms with E-state index in [4.69, 9.17) is 14.2 Å². The smallest absolute Gasteiger partial charge is 0.124 e. The minimum atomic E-state index is 0.0857. The summed E-state index contributed by atoms with van der Waals surface area (Å²) in [4.78, 5) is 2.48. The molecule has 0 radical (unpaired) electrons. The van der Waals surface area contributed by atoms with Crippen molar-refractivity contribution in [2.75, 3.05) is 47.0 Å². The average Bonchev–Trinajstić information content (AvgIpc) is 2.69. The molecule has 5 nitrogen and oxygen atoms in total. The quantitative estimate of drug-likeness (QED) is 0.826. The zero-order valence-corrected chi connectivity index (χ0v) is 15.8. The second kappa shape index (κ2) is 8.92. The van der Waals surface area contributed by atoms with Crippen LogP contribution in [0.3, 0.4) is 0 Å². The molecule has 1 aliphatic rings. The van der Waals surface area contributed by atoms with E-state index in [0.717, 1.165) is 49.0 Å². The van der Waals surface area contributed by atoms with Gasteiger partial charge >= 0.3 is 0 Å². The van der Waals surface area contributed by atoms with Crippen molar-refractivity contribution >= 4 is 0 Å². The minimum absolute atomic E-state index is 0.0857. The number of benzene rings is 2. The number of rotatable bonds is 7. The summed E-state index contributed by atoms with van der Waals surface area (Å²) in [5.41, 5.74) is 2.31. The van der Waals surface area contributed by atoms with Gasteiger partial charge in [0.1, 0.15) is 17.2 Å². The molecule has 1 unspecified atom stereocenters. The van der Waals surface area contributed by atoms with Crippen LogP contribution in [0.4, 0.5) is 0 Å². The Kier molecular flexibility index (Phi) is 6.36. The first-order valence-corrected chi connectivity index (χ1v) is 9.16. The van der Waals surface area contributed by atoms with Crippen LogP contribution < -0.4 is 19.5 Å². The monoisotopic (exact) mass is 356 g/mol. The second-order valence-electron chi connectivity index (χ2n) is 6.30. The van der Waals surface area contributed by atoms with E-state index >= 15 is 0 Å². The number of ether oxygens (including phenoxy) is 3. The van der Waals surface area contributed by atoms with Gasteiger partial charge in [0, 0.05) is 31.7 Å². The number of nitrogens with one attached hydrogen (secondary N) is 1. The van der Waals surface area contributed by atoms with Crippen molar-refractivity contribution in [3.63, 3.8) is 0 Å². The molecule has 1 aliphatic heterocycles. The van der Waals surface area contributed by atoms with Gasteiger partial charge in [0.05, 0.1) is 26.9 Å². The van der Waals surface area contributed by atoms with Crippen LogP contribution in [0, 0.1) is 0 Å². The van der Waals surface area contributed by atoms with Crippen molar-refractivity contribution in [3.05, 3.63) is 53.6 Å². The summed E-state index contributed by atoms with van der Waals surface area (Å²) < 4.78 is 16.9. The van der Waals surface area contributed by atoms with Crippen molar-refractivity contribution in [1.82, 2.24) is 10.2 Å². The van der Waals surface area contributed by atoms with Crippen molar-refractivity contribution in [3.8, 4) is 17.2 Å². The van der Waals surface area contributed by atoms with Crippen LogP contribution in [0.2, 0.25) is 0 Å². The third-order valence-corrected chi connectivity index (χ3v) is 4.73. The van der Waals surface area contributed by atoms with Gasteiger partial charge < -0.3 is 19.5 Å². The lowest BCUT2D eigenvalue weighted by atomic mass is 9.95. The van der Waals surface area contributed by atoms with Gasteiger partial charge in [-0.1, -0.05) is 12.1 Å². The molecular weight excluding hydrogens is 328 g/mol. The Morgan fingerprint density at radius 3 is 2.50 bits per heavy atom. The van der Waals surface area contributed by atoms with Gasteiger partial charge in [-0.05, 0) is 42.8 Å². The maximum Gasteiger partial charge on any atom is 0.124 e. The Morgan fingerprint density at radius 1 is 1.00 bits per heavy atom. The van der Waals surface area contributed by atoms with E-state index in [0.29, 0.717) is 6.61 Å². The third kappa shape index (κ3) is 4.11. The van der Waals surface area contributed by atoms with E-state index in [-0.39, 0.29) is 6.04 Å². The SMILES string of the molecule is CCOc1cccc(C(c2cc(OC)ccc2OC)N2CCNCC2)c1. The standard InChI is InChI=1S/C21H28N2O3/c1-4-26-18-7-5-6-16(14-18)21(23-12-10-22-11-13-23)19-15-17(24-2)8-9-20(19)25-3/h5-9,14-15,21-22H,4,10-13H2,1-3H3. The largest absolute Gasteiger partial charge is 0.497 e. The van der Waals surface area contributed by atoms with E-state index in [1.165, 1.54) is 5.56 Å². The summed E-state index contributed by atoms with van der Waals surface area (Å²) in [6.07, 6.45) is 0. The number of hydrogen-bond acceptors (Lipinski definition) is 5. The van der Waals surface area contributed by atoms with Gasteiger partial charge in [-0.15, -0.1) is 0 Å². The van der Waals surface area contributed by atoms with Crippen molar-refractivity contribution in [2.45, 2.75) is 13.0 Å². The van der Waals surface area contributed by atoms with Crippen molar-refractivity contribution in [1.29, 1.82) is 0 Å². The Bertz CT molecular complexity index is 714.